The highest BCUT2D eigenvalue weighted by molar-refractivity contribution is 7.47. The van der Waals surface area contributed by atoms with Gasteiger partial charge in [0.05, 0.1) is 13.2 Å². The average Bonchev–Trinajstić information content (AvgIpc) is 3.43. The first-order chi connectivity index (χ1) is 18.5. The summed E-state index contributed by atoms with van der Waals surface area (Å²) in [6.07, 6.45) is 26.3. The van der Waals surface area contributed by atoms with Crippen LogP contribution in [-0.4, -0.2) is 48.4 Å². The molecule has 226 valence electrons. The minimum Gasteiger partial charge on any atom is -0.303 e. The van der Waals surface area contributed by atoms with Crippen molar-refractivity contribution in [2.75, 3.05) is 32.8 Å². The van der Waals surface area contributed by atoms with Gasteiger partial charge in [-0.2, -0.15) is 0 Å². The van der Waals surface area contributed by atoms with Gasteiger partial charge in [0.15, 0.2) is 0 Å². The Morgan fingerprint density at radius 3 is 1.76 bits per heavy atom. The summed E-state index contributed by atoms with van der Waals surface area (Å²) in [5, 5.41) is 0. The van der Waals surface area contributed by atoms with E-state index in [4.69, 9.17) is 9.05 Å². The molecule has 1 aliphatic heterocycles. The van der Waals surface area contributed by atoms with E-state index in [1.165, 1.54) is 103 Å². The smallest absolute Gasteiger partial charge is 0.303 e. The van der Waals surface area contributed by atoms with Crippen LogP contribution >= 0.6 is 7.82 Å². The summed E-state index contributed by atoms with van der Waals surface area (Å²) in [5.41, 5.74) is 0. The highest BCUT2D eigenvalue weighted by Crippen LogP contribution is 2.44. The maximum atomic E-state index is 12.3. The zero-order chi connectivity index (χ0) is 27.7. The Bertz CT molecular complexity index is 597. The highest BCUT2D eigenvalue weighted by atomic mass is 31.2. The van der Waals surface area contributed by atoms with Gasteiger partial charge in [-0.1, -0.05) is 117 Å². The van der Waals surface area contributed by atoms with Crippen LogP contribution in [0.5, 0.6) is 0 Å². The van der Waals surface area contributed by atoms with Crippen LogP contribution in [0, 0.1) is 5.92 Å². The van der Waals surface area contributed by atoms with Crippen molar-refractivity contribution in [1.29, 1.82) is 0 Å². The Labute approximate surface area is 235 Å². The van der Waals surface area contributed by atoms with Crippen LogP contribution in [0.25, 0.3) is 0 Å². The van der Waals surface area contributed by atoms with Crippen molar-refractivity contribution in [3.8, 4) is 0 Å². The molecule has 0 aliphatic carbocycles. The van der Waals surface area contributed by atoms with Crippen molar-refractivity contribution in [2.24, 2.45) is 5.92 Å². The second kappa shape index (κ2) is 24.5. The lowest BCUT2D eigenvalue weighted by molar-refractivity contribution is -0.120. The number of ketones is 1. The summed E-state index contributed by atoms with van der Waals surface area (Å²) in [6.45, 7) is 7.60. The second-order valence-electron chi connectivity index (χ2n) is 11.6. The summed E-state index contributed by atoms with van der Waals surface area (Å²) in [5.74, 6) is 0.178. The third-order valence-corrected chi connectivity index (χ3v) is 8.91. The predicted molar refractivity (Wildman–Crippen MR) is 160 cm³/mol. The number of hydrogen-bond acceptors (Lipinski definition) is 5. The molecular formula is C31H62NO5P. The number of Topliss-reactive ketones (excluding diaryl/α,β-unsaturated/α-hetero) is 1. The van der Waals surface area contributed by atoms with Crippen LogP contribution in [0.4, 0.5) is 0 Å². The number of hydrogen-bond donors (Lipinski definition) is 1. The molecule has 1 N–H and O–H groups in total. The van der Waals surface area contributed by atoms with E-state index in [1.807, 2.05) is 6.92 Å². The summed E-state index contributed by atoms with van der Waals surface area (Å²) in [7, 11) is -4.07. The maximum absolute atomic E-state index is 12.3. The standard InChI is InChI=1S/C31H62NO5P/c1-3-5-6-7-8-9-10-11-12-13-14-15-16-17-18-19-23-30(28-31(33)4-2)29-37-38(34,35)36-27-22-26-32-24-20-21-25-32/h30H,3-29H2,1-2H3,(H,34,35). The monoisotopic (exact) mass is 559 g/mol. The molecule has 1 aliphatic rings. The van der Waals surface area contributed by atoms with Crippen LogP contribution in [-0.2, 0) is 18.4 Å². The highest BCUT2D eigenvalue weighted by Gasteiger charge is 2.24. The predicted octanol–water partition coefficient (Wildman–Crippen LogP) is 9.24. The Balaban J connectivity index is 2.05. The molecule has 1 rings (SSSR count). The van der Waals surface area contributed by atoms with Crippen LogP contribution in [0.2, 0.25) is 0 Å². The summed E-state index contributed by atoms with van der Waals surface area (Å²) in [4.78, 5) is 24.5. The molecule has 38 heavy (non-hydrogen) atoms. The van der Waals surface area contributed by atoms with E-state index >= 15 is 0 Å². The average molecular weight is 560 g/mol. The van der Waals surface area contributed by atoms with E-state index in [0.29, 0.717) is 12.8 Å². The Morgan fingerprint density at radius 2 is 1.26 bits per heavy atom. The molecule has 0 radical (unpaired) electrons. The fraction of sp³-hybridized carbons (Fsp3) is 0.968. The molecule has 1 heterocycles. The van der Waals surface area contributed by atoms with E-state index < -0.39 is 7.82 Å². The topological polar surface area (TPSA) is 76.1 Å². The van der Waals surface area contributed by atoms with Gasteiger partial charge in [0.1, 0.15) is 5.78 Å². The van der Waals surface area contributed by atoms with Gasteiger partial charge in [0, 0.05) is 19.4 Å². The van der Waals surface area contributed by atoms with Gasteiger partial charge in [-0.15, -0.1) is 0 Å². The van der Waals surface area contributed by atoms with E-state index in [1.54, 1.807) is 0 Å². The van der Waals surface area contributed by atoms with E-state index in [0.717, 1.165) is 45.3 Å². The Hall–Kier alpha value is -0.260. The molecule has 2 atom stereocenters. The largest absolute Gasteiger partial charge is 0.472 e. The molecular weight excluding hydrogens is 497 g/mol. The second-order valence-corrected chi connectivity index (χ2v) is 13.0. The summed E-state index contributed by atoms with van der Waals surface area (Å²) in [6, 6.07) is 0. The molecule has 0 saturated carbocycles. The summed E-state index contributed by atoms with van der Waals surface area (Å²) >= 11 is 0. The first kappa shape index (κ1) is 35.8. The molecule has 0 amide bonds. The van der Waals surface area contributed by atoms with Gasteiger partial charge >= 0.3 is 7.82 Å². The van der Waals surface area contributed by atoms with E-state index in [2.05, 4.69) is 11.8 Å². The number of likely N-dealkylation sites (tertiary alicyclic amines) is 1. The van der Waals surface area contributed by atoms with Gasteiger partial charge in [-0.05, 0) is 44.7 Å². The summed E-state index contributed by atoms with van der Waals surface area (Å²) < 4.78 is 22.8. The third-order valence-electron chi connectivity index (χ3n) is 7.92. The van der Waals surface area contributed by atoms with Crippen molar-refractivity contribution >= 4 is 13.6 Å². The van der Waals surface area contributed by atoms with Crippen molar-refractivity contribution in [3.63, 3.8) is 0 Å². The minimum atomic E-state index is -4.07. The third kappa shape index (κ3) is 21.5. The molecule has 1 fully saturated rings. The maximum Gasteiger partial charge on any atom is 0.472 e. The zero-order valence-corrected chi connectivity index (χ0v) is 26.0. The molecule has 0 aromatic rings. The molecule has 2 unspecified atom stereocenters. The Kier molecular flexibility index (Phi) is 23.1. The van der Waals surface area contributed by atoms with E-state index in [-0.39, 0.29) is 24.9 Å². The van der Waals surface area contributed by atoms with Gasteiger partial charge < -0.3 is 9.79 Å². The van der Waals surface area contributed by atoms with Gasteiger partial charge in [-0.3, -0.25) is 13.8 Å². The minimum absolute atomic E-state index is 0.0113. The molecule has 0 aromatic carbocycles. The number of unbranched alkanes of at least 4 members (excludes halogenated alkanes) is 15. The number of rotatable bonds is 28. The quantitative estimate of drug-likeness (QED) is 0.0760. The van der Waals surface area contributed by atoms with Crippen LogP contribution in [0.3, 0.4) is 0 Å². The number of phosphoric acid groups is 1. The van der Waals surface area contributed by atoms with Gasteiger partial charge in [-0.25, -0.2) is 4.57 Å². The number of carbonyl (C=O) groups excluding carboxylic acids is 1. The van der Waals surface area contributed by atoms with Crippen LogP contribution < -0.4 is 0 Å². The lowest BCUT2D eigenvalue weighted by Crippen LogP contribution is -2.21. The van der Waals surface area contributed by atoms with E-state index in [9.17, 15) is 14.3 Å². The number of carbonyl (C=O) groups is 1. The zero-order valence-electron chi connectivity index (χ0n) is 25.1. The molecule has 0 bridgehead atoms. The number of phosphoric ester groups is 1. The lowest BCUT2D eigenvalue weighted by atomic mass is 9.95. The van der Waals surface area contributed by atoms with Crippen molar-refractivity contribution in [3.05, 3.63) is 0 Å². The molecule has 0 aromatic heterocycles. The molecule has 6 nitrogen and oxygen atoms in total. The van der Waals surface area contributed by atoms with Crippen molar-refractivity contribution in [1.82, 2.24) is 4.90 Å². The Morgan fingerprint density at radius 1 is 0.763 bits per heavy atom. The van der Waals surface area contributed by atoms with Gasteiger partial charge in [0.25, 0.3) is 0 Å². The molecule has 0 spiro atoms. The van der Waals surface area contributed by atoms with Crippen LogP contribution in [0.15, 0.2) is 0 Å². The fourth-order valence-electron chi connectivity index (χ4n) is 5.40. The first-order valence-corrected chi connectivity index (χ1v) is 17.8. The SMILES string of the molecule is CCCCCCCCCCCCCCCCCCC(COP(=O)(O)OCCCN1CCCC1)CC(=O)CC. The van der Waals surface area contributed by atoms with Gasteiger partial charge in [0.2, 0.25) is 0 Å². The fourth-order valence-corrected chi connectivity index (χ4v) is 6.24. The molecule has 7 heteroatoms. The molecule has 1 saturated heterocycles. The lowest BCUT2D eigenvalue weighted by Gasteiger charge is -2.19. The van der Waals surface area contributed by atoms with Crippen molar-refractivity contribution < 1.29 is 23.3 Å². The number of nitrogens with zero attached hydrogens (tertiary/aromatic N) is 1. The van der Waals surface area contributed by atoms with Crippen molar-refractivity contribution in [2.45, 2.75) is 155 Å². The normalized spacial score (nSPS) is 16.6. The van der Waals surface area contributed by atoms with Crippen LogP contribution in [0.1, 0.15) is 155 Å². The first-order valence-electron chi connectivity index (χ1n) is 16.3.